The van der Waals surface area contributed by atoms with Gasteiger partial charge in [0, 0.05) is 23.1 Å². The second-order valence-corrected chi connectivity index (χ2v) is 8.01. The van der Waals surface area contributed by atoms with E-state index in [4.69, 9.17) is 4.74 Å². The van der Waals surface area contributed by atoms with Crippen LogP contribution in [0.4, 0.5) is 0 Å². The Kier molecular flexibility index (Phi) is 3.94. The molecule has 0 amide bonds. The largest absolute Gasteiger partial charge is 0.485 e. The molecule has 0 radical (unpaired) electrons. The van der Waals surface area contributed by atoms with Crippen LogP contribution in [0.1, 0.15) is 42.1 Å². The molecule has 138 valence electrons. The topological polar surface area (TPSA) is 22.1 Å². The van der Waals surface area contributed by atoms with Crippen molar-refractivity contribution in [3.63, 3.8) is 0 Å². The van der Waals surface area contributed by atoms with Crippen LogP contribution in [0, 0.1) is 0 Å². The molecular formula is C26H23NO. The SMILES string of the molecule is CC(C)(C1=CC(C2C=Cc3ccccc3O2)c2ccccc21)c1ccccn1. The van der Waals surface area contributed by atoms with Gasteiger partial charge >= 0.3 is 0 Å². The van der Waals surface area contributed by atoms with Crippen LogP contribution in [0.5, 0.6) is 5.75 Å². The van der Waals surface area contributed by atoms with E-state index in [1.165, 1.54) is 16.7 Å². The van der Waals surface area contributed by atoms with Crippen molar-refractivity contribution in [2.75, 3.05) is 0 Å². The quantitative estimate of drug-likeness (QED) is 0.567. The number of pyridine rings is 1. The average Bonchev–Trinajstić information content (AvgIpc) is 3.15. The maximum Gasteiger partial charge on any atom is 0.127 e. The molecule has 0 fully saturated rings. The molecule has 0 saturated heterocycles. The van der Waals surface area contributed by atoms with E-state index in [-0.39, 0.29) is 17.4 Å². The molecule has 2 nitrogen and oxygen atoms in total. The lowest BCUT2D eigenvalue weighted by molar-refractivity contribution is 0.231. The zero-order chi connectivity index (χ0) is 19.1. The Morgan fingerprint density at radius 3 is 2.54 bits per heavy atom. The summed E-state index contributed by atoms with van der Waals surface area (Å²) < 4.78 is 6.39. The number of para-hydroxylation sites is 1. The molecule has 2 heteroatoms. The summed E-state index contributed by atoms with van der Waals surface area (Å²) in [4.78, 5) is 4.65. The van der Waals surface area contributed by atoms with E-state index >= 15 is 0 Å². The molecule has 2 atom stereocenters. The Bertz CT molecular complexity index is 1080. The highest BCUT2D eigenvalue weighted by molar-refractivity contribution is 5.81. The summed E-state index contributed by atoms with van der Waals surface area (Å²) in [5.74, 6) is 1.15. The molecule has 5 rings (SSSR count). The minimum absolute atomic E-state index is 0.00641. The smallest absolute Gasteiger partial charge is 0.127 e. The average molecular weight is 365 g/mol. The van der Waals surface area contributed by atoms with E-state index in [1.54, 1.807) is 0 Å². The lowest BCUT2D eigenvalue weighted by Crippen LogP contribution is -2.23. The van der Waals surface area contributed by atoms with Gasteiger partial charge in [-0.05, 0) is 41.0 Å². The third-order valence-corrected chi connectivity index (χ3v) is 5.94. The number of fused-ring (bicyclic) bond motifs is 2. The number of allylic oxidation sites excluding steroid dienone is 1. The number of hydrogen-bond donors (Lipinski definition) is 0. The third-order valence-electron chi connectivity index (χ3n) is 5.94. The van der Waals surface area contributed by atoms with Gasteiger partial charge in [0.15, 0.2) is 0 Å². The van der Waals surface area contributed by atoms with Gasteiger partial charge in [0.05, 0.1) is 5.69 Å². The number of hydrogen-bond acceptors (Lipinski definition) is 2. The predicted molar refractivity (Wildman–Crippen MR) is 114 cm³/mol. The number of aromatic nitrogens is 1. The monoisotopic (exact) mass is 365 g/mol. The van der Waals surface area contributed by atoms with Gasteiger partial charge in [0.2, 0.25) is 0 Å². The first kappa shape index (κ1) is 17.0. The highest BCUT2D eigenvalue weighted by Gasteiger charge is 2.38. The van der Waals surface area contributed by atoms with Crippen LogP contribution >= 0.6 is 0 Å². The summed E-state index contributed by atoms with van der Waals surface area (Å²) in [6.07, 6.45) is 8.63. The maximum atomic E-state index is 6.39. The van der Waals surface area contributed by atoms with E-state index in [0.29, 0.717) is 0 Å². The second kappa shape index (κ2) is 6.49. The van der Waals surface area contributed by atoms with Gasteiger partial charge in [0.1, 0.15) is 11.9 Å². The molecule has 0 N–H and O–H groups in total. The Balaban J connectivity index is 1.57. The third kappa shape index (κ3) is 2.68. The van der Waals surface area contributed by atoms with Crippen LogP contribution in [0.25, 0.3) is 11.6 Å². The van der Waals surface area contributed by atoms with Gasteiger partial charge in [-0.3, -0.25) is 4.98 Å². The van der Waals surface area contributed by atoms with E-state index in [9.17, 15) is 0 Å². The zero-order valence-electron chi connectivity index (χ0n) is 16.2. The highest BCUT2D eigenvalue weighted by Crippen LogP contribution is 2.48. The van der Waals surface area contributed by atoms with E-state index in [0.717, 1.165) is 17.0 Å². The molecule has 0 spiro atoms. The molecular weight excluding hydrogens is 342 g/mol. The lowest BCUT2D eigenvalue weighted by Gasteiger charge is -2.27. The van der Waals surface area contributed by atoms with Crippen LogP contribution in [-0.2, 0) is 5.41 Å². The van der Waals surface area contributed by atoms with Crippen LogP contribution in [0.2, 0.25) is 0 Å². The summed E-state index contributed by atoms with van der Waals surface area (Å²) in [7, 11) is 0. The standard InChI is InChI=1S/C26H23NO/c1-26(2,25-13-7-8-16-27-25)22-17-21(19-10-4-5-11-20(19)22)24-15-14-18-9-3-6-12-23(18)28-24/h3-17,21,24H,1-2H3. The van der Waals surface area contributed by atoms with Crippen LogP contribution in [-0.4, -0.2) is 11.1 Å². The van der Waals surface area contributed by atoms with E-state index < -0.39 is 0 Å². The van der Waals surface area contributed by atoms with Gasteiger partial charge in [0.25, 0.3) is 0 Å². The fourth-order valence-corrected chi connectivity index (χ4v) is 4.38. The fraction of sp³-hybridized carbons (Fsp3) is 0.192. The number of rotatable bonds is 3. The Morgan fingerprint density at radius 1 is 0.893 bits per heavy atom. The van der Waals surface area contributed by atoms with Crippen molar-refractivity contribution >= 4 is 11.6 Å². The summed E-state index contributed by atoms with van der Waals surface area (Å²) in [6.45, 7) is 4.51. The van der Waals surface area contributed by atoms with Gasteiger partial charge in [-0.2, -0.15) is 0 Å². The molecule has 2 aliphatic rings. The summed E-state index contributed by atoms with van der Waals surface area (Å²) in [5.41, 5.74) is 6.00. The molecule has 0 saturated carbocycles. The van der Waals surface area contributed by atoms with Crippen molar-refractivity contribution in [1.29, 1.82) is 0 Å². The van der Waals surface area contributed by atoms with Crippen molar-refractivity contribution in [2.45, 2.75) is 31.3 Å². The first-order chi connectivity index (χ1) is 13.6. The molecule has 0 bridgehead atoms. The van der Waals surface area contributed by atoms with Crippen LogP contribution in [0.3, 0.4) is 0 Å². The second-order valence-electron chi connectivity index (χ2n) is 8.01. The molecule has 1 aliphatic heterocycles. The lowest BCUT2D eigenvalue weighted by atomic mass is 9.78. The van der Waals surface area contributed by atoms with Gasteiger partial charge in [-0.25, -0.2) is 0 Å². The minimum Gasteiger partial charge on any atom is -0.485 e. The summed E-state index contributed by atoms with van der Waals surface area (Å²) in [5, 5.41) is 0. The van der Waals surface area contributed by atoms with Gasteiger partial charge in [-0.1, -0.05) is 74.5 Å². The van der Waals surface area contributed by atoms with Gasteiger partial charge in [-0.15, -0.1) is 0 Å². The molecule has 2 unspecified atom stereocenters. The Labute approximate surface area is 166 Å². The van der Waals surface area contributed by atoms with Crippen LogP contribution in [0.15, 0.2) is 85.1 Å². The first-order valence-electron chi connectivity index (χ1n) is 9.81. The van der Waals surface area contributed by atoms with Crippen molar-refractivity contribution in [1.82, 2.24) is 4.98 Å². The molecule has 28 heavy (non-hydrogen) atoms. The first-order valence-corrected chi connectivity index (χ1v) is 9.81. The normalized spacial score (nSPS) is 20.1. The Hall–Kier alpha value is -3.13. The van der Waals surface area contributed by atoms with E-state index in [1.807, 2.05) is 24.4 Å². The maximum absolute atomic E-state index is 6.39. The van der Waals surface area contributed by atoms with Crippen LogP contribution < -0.4 is 4.74 Å². The molecule has 1 aliphatic carbocycles. The number of nitrogens with zero attached hydrogens (tertiary/aromatic N) is 1. The summed E-state index contributed by atoms with van der Waals surface area (Å²) >= 11 is 0. The molecule has 2 heterocycles. The fourth-order valence-electron chi connectivity index (χ4n) is 4.38. The summed E-state index contributed by atoms with van der Waals surface area (Å²) in [6, 6.07) is 23.1. The van der Waals surface area contributed by atoms with Crippen molar-refractivity contribution in [3.8, 4) is 5.75 Å². The molecule has 2 aromatic carbocycles. The zero-order valence-corrected chi connectivity index (χ0v) is 16.2. The Morgan fingerprint density at radius 2 is 1.68 bits per heavy atom. The van der Waals surface area contributed by atoms with Gasteiger partial charge < -0.3 is 4.74 Å². The van der Waals surface area contributed by atoms with Crippen molar-refractivity contribution in [2.24, 2.45) is 0 Å². The predicted octanol–water partition coefficient (Wildman–Crippen LogP) is 6.01. The highest BCUT2D eigenvalue weighted by atomic mass is 16.5. The van der Waals surface area contributed by atoms with Crippen molar-refractivity contribution in [3.05, 3.63) is 107 Å². The minimum atomic E-state index is -0.178. The van der Waals surface area contributed by atoms with Crippen molar-refractivity contribution < 1.29 is 4.74 Å². The molecule has 3 aromatic rings. The number of ether oxygens (including phenoxy) is 1. The number of benzene rings is 2. The van der Waals surface area contributed by atoms with E-state index in [2.05, 4.69) is 85.6 Å². The molecule has 1 aromatic heterocycles.